The summed E-state index contributed by atoms with van der Waals surface area (Å²) in [6, 6.07) is 4.04. The Labute approximate surface area is 138 Å². The summed E-state index contributed by atoms with van der Waals surface area (Å²) in [5.74, 6) is 1.99. The zero-order valence-corrected chi connectivity index (χ0v) is 14.6. The van der Waals surface area contributed by atoms with E-state index in [0.717, 1.165) is 37.5 Å². The van der Waals surface area contributed by atoms with Crippen molar-refractivity contribution in [2.45, 2.75) is 52.7 Å². The summed E-state index contributed by atoms with van der Waals surface area (Å²) in [4.78, 5) is 13.7. The number of hydrogen-bond acceptors (Lipinski definition) is 4. The van der Waals surface area contributed by atoms with Crippen molar-refractivity contribution in [3.63, 3.8) is 0 Å². The first-order chi connectivity index (χ1) is 10.9. The number of carbonyl (C=O) groups is 1. The number of rotatable bonds is 5. The fourth-order valence-electron chi connectivity index (χ4n) is 2.42. The number of aryl methyl sites for hydroxylation is 1. The maximum Gasteiger partial charge on any atom is 0.410 e. The van der Waals surface area contributed by atoms with Gasteiger partial charge < -0.3 is 19.4 Å². The smallest absolute Gasteiger partial charge is 0.410 e. The Balaban J connectivity index is 1.73. The third-order valence-electron chi connectivity index (χ3n) is 3.67. The zero-order chi connectivity index (χ0) is 16.9. The molecule has 0 radical (unpaired) electrons. The van der Waals surface area contributed by atoms with E-state index < -0.39 is 5.60 Å². The summed E-state index contributed by atoms with van der Waals surface area (Å²) in [7, 11) is 0. The third-order valence-corrected chi connectivity index (χ3v) is 3.67. The van der Waals surface area contributed by atoms with Crippen molar-refractivity contribution in [3.05, 3.63) is 35.3 Å². The second-order valence-electron chi connectivity index (χ2n) is 6.86. The van der Waals surface area contributed by atoms with Crippen molar-refractivity contribution in [2.75, 3.05) is 19.6 Å². The van der Waals surface area contributed by atoms with Crippen molar-refractivity contribution in [3.8, 4) is 0 Å². The highest BCUT2D eigenvalue weighted by molar-refractivity contribution is 5.68. The van der Waals surface area contributed by atoms with Crippen molar-refractivity contribution in [1.82, 2.24) is 10.2 Å². The molecule has 5 heteroatoms. The van der Waals surface area contributed by atoms with Crippen LogP contribution in [0.25, 0.3) is 0 Å². The number of nitrogens with zero attached hydrogens (tertiary/aromatic N) is 1. The molecule has 0 atom stereocenters. The Bertz CT molecular complexity index is 555. The highest BCUT2D eigenvalue weighted by Crippen LogP contribution is 2.15. The summed E-state index contributed by atoms with van der Waals surface area (Å²) in [5.41, 5.74) is 0.885. The predicted octanol–water partition coefficient (Wildman–Crippen LogP) is 3.50. The van der Waals surface area contributed by atoms with Crippen molar-refractivity contribution >= 4 is 6.09 Å². The van der Waals surface area contributed by atoms with E-state index in [9.17, 15) is 4.79 Å². The van der Waals surface area contributed by atoms with E-state index in [0.29, 0.717) is 13.1 Å². The van der Waals surface area contributed by atoms with Gasteiger partial charge in [-0.25, -0.2) is 4.79 Å². The molecular formula is C18H28N2O3. The van der Waals surface area contributed by atoms with E-state index in [-0.39, 0.29) is 6.09 Å². The monoisotopic (exact) mass is 320 g/mol. The van der Waals surface area contributed by atoms with Gasteiger partial charge >= 0.3 is 6.09 Å². The van der Waals surface area contributed by atoms with Crippen LogP contribution in [0.3, 0.4) is 0 Å². The summed E-state index contributed by atoms with van der Waals surface area (Å²) < 4.78 is 11.1. The Morgan fingerprint density at radius 2 is 2.04 bits per heavy atom. The van der Waals surface area contributed by atoms with Crippen LogP contribution in [0.2, 0.25) is 0 Å². The SMILES string of the molecule is CCc1ccc(CNCC2=CCN(C(=O)OC(C)(C)C)CC2)o1. The lowest BCUT2D eigenvalue weighted by molar-refractivity contribution is 0.0265. The second kappa shape index (κ2) is 7.68. The minimum Gasteiger partial charge on any atom is -0.465 e. The molecule has 0 bridgehead atoms. The molecule has 1 N–H and O–H groups in total. The molecule has 1 aliphatic rings. The Hall–Kier alpha value is -1.75. The van der Waals surface area contributed by atoms with Gasteiger partial charge in [-0.2, -0.15) is 0 Å². The van der Waals surface area contributed by atoms with Crippen LogP contribution in [-0.4, -0.2) is 36.2 Å². The Kier molecular flexibility index (Phi) is 5.88. The van der Waals surface area contributed by atoms with E-state index in [4.69, 9.17) is 9.15 Å². The molecule has 5 nitrogen and oxygen atoms in total. The molecule has 1 aliphatic heterocycles. The fraction of sp³-hybridized carbons (Fsp3) is 0.611. The van der Waals surface area contributed by atoms with Crippen molar-refractivity contribution in [1.29, 1.82) is 0 Å². The predicted molar refractivity (Wildman–Crippen MR) is 90.3 cm³/mol. The molecule has 0 saturated heterocycles. The van der Waals surface area contributed by atoms with E-state index in [1.807, 2.05) is 32.9 Å². The van der Waals surface area contributed by atoms with Crippen LogP contribution >= 0.6 is 0 Å². The molecule has 0 unspecified atom stereocenters. The average molecular weight is 320 g/mol. The number of carbonyl (C=O) groups excluding carboxylic acids is 1. The molecule has 1 aromatic heterocycles. The first-order valence-electron chi connectivity index (χ1n) is 8.31. The molecule has 1 aromatic rings. The maximum atomic E-state index is 12.0. The largest absolute Gasteiger partial charge is 0.465 e. The van der Waals surface area contributed by atoms with E-state index in [1.54, 1.807) is 4.90 Å². The lowest BCUT2D eigenvalue weighted by Gasteiger charge is -2.29. The molecule has 0 aliphatic carbocycles. The maximum absolute atomic E-state index is 12.0. The van der Waals surface area contributed by atoms with Gasteiger partial charge in [0.2, 0.25) is 0 Å². The van der Waals surface area contributed by atoms with Crippen LogP contribution in [-0.2, 0) is 17.7 Å². The molecule has 1 amide bonds. The van der Waals surface area contributed by atoms with Crippen molar-refractivity contribution in [2.24, 2.45) is 0 Å². The average Bonchev–Trinajstić information content (AvgIpc) is 2.94. The number of hydrogen-bond donors (Lipinski definition) is 1. The fourth-order valence-corrected chi connectivity index (χ4v) is 2.42. The Morgan fingerprint density at radius 3 is 2.61 bits per heavy atom. The molecule has 0 fully saturated rings. The van der Waals surface area contributed by atoms with Gasteiger partial charge in [-0.3, -0.25) is 0 Å². The molecule has 0 spiro atoms. The molecule has 2 rings (SSSR count). The highest BCUT2D eigenvalue weighted by atomic mass is 16.6. The highest BCUT2D eigenvalue weighted by Gasteiger charge is 2.23. The van der Waals surface area contributed by atoms with Gasteiger partial charge in [0, 0.05) is 26.1 Å². The quantitative estimate of drug-likeness (QED) is 0.844. The van der Waals surface area contributed by atoms with Gasteiger partial charge in [-0.1, -0.05) is 18.6 Å². The van der Waals surface area contributed by atoms with Crippen LogP contribution in [0.15, 0.2) is 28.2 Å². The number of nitrogens with one attached hydrogen (secondary N) is 1. The molecule has 0 saturated carbocycles. The van der Waals surface area contributed by atoms with Gasteiger partial charge in [0.25, 0.3) is 0 Å². The Morgan fingerprint density at radius 1 is 1.30 bits per heavy atom. The number of amides is 1. The number of ether oxygens (including phenoxy) is 1. The van der Waals surface area contributed by atoms with Gasteiger partial charge in [-0.05, 0) is 39.3 Å². The van der Waals surface area contributed by atoms with Gasteiger partial charge in [0.05, 0.1) is 6.54 Å². The van der Waals surface area contributed by atoms with Crippen molar-refractivity contribution < 1.29 is 13.9 Å². The van der Waals surface area contributed by atoms with Gasteiger partial charge in [-0.15, -0.1) is 0 Å². The van der Waals surface area contributed by atoms with Crippen LogP contribution in [0.5, 0.6) is 0 Å². The summed E-state index contributed by atoms with van der Waals surface area (Å²) >= 11 is 0. The van der Waals surface area contributed by atoms with Gasteiger partial charge in [0.15, 0.2) is 0 Å². The van der Waals surface area contributed by atoms with Gasteiger partial charge in [0.1, 0.15) is 17.1 Å². The van der Waals surface area contributed by atoms with Crippen LogP contribution < -0.4 is 5.32 Å². The summed E-state index contributed by atoms with van der Waals surface area (Å²) in [5, 5.41) is 3.39. The van der Waals surface area contributed by atoms with E-state index >= 15 is 0 Å². The third kappa shape index (κ3) is 5.75. The second-order valence-corrected chi connectivity index (χ2v) is 6.86. The van der Waals surface area contributed by atoms with E-state index in [2.05, 4.69) is 18.3 Å². The topological polar surface area (TPSA) is 54.7 Å². The lowest BCUT2D eigenvalue weighted by Crippen LogP contribution is -2.39. The molecule has 128 valence electrons. The first kappa shape index (κ1) is 17.6. The van der Waals surface area contributed by atoms with Crippen LogP contribution in [0, 0.1) is 0 Å². The van der Waals surface area contributed by atoms with E-state index in [1.165, 1.54) is 5.57 Å². The first-order valence-corrected chi connectivity index (χ1v) is 8.31. The lowest BCUT2D eigenvalue weighted by atomic mass is 10.1. The zero-order valence-electron chi connectivity index (χ0n) is 14.6. The molecule has 23 heavy (non-hydrogen) atoms. The summed E-state index contributed by atoms with van der Waals surface area (Å²) in [6.07, 6.45) is 3.68. The number of furan rings is 1. The minimum atomic E-state index is -0.441. The molecular weight excluding hydrogens is 292 g/mol. The normalized spacial score (nSPS) is 15.5. The van der Waals surface area contributed by atoms with Crippen LogP contribution in [0.4, 0.5) is 4.79 Å². The molecule has 0 aromatic carbocycles. The molecule has 2 heterocycles. The summed E-state index contributed by atoms with van der Waals surface area (Å²) in [6.45, 7) is 10.6. The van der Waals surface area contributed by atoms with Crippen LogP contribution in [0.1, 0.15) is 45.6 Å². The standard InChI is InChI=1S/C18H28N2O3/c1-5-15-6-7-16(22-15)13-19-12-14-8-10-20(11-9-14)17(21)23-18(2,3)4/h6-8,19H,5,9-13H2,1-4H3. The minimum absolute atomic E-state index is 0.233.